The monoisotopic (exact) mass is 605 g/mol. The molecule has 1 saturated heterocycles. The second-order valence-electron chi connectivity index (χ2n) is 10.5. The van der Waals surface area contributed by atoms with Crippen molar-refractivity contribution < 1.29 is 14.4 Å². The first-order valence-corrected chi connectivity index (χ1v) is 14.9. The van der Waals surface area contributed by atoms with Gasteiger partial charge in [-0.05, 0) is 81.2 Å². The highest BCUT2D eigenvalue weighted by Gasteiger charge is 2.33. The van der Waals surface area contributed by atoms with Gasteiger partial charge in [-0.1, -0.05) is 59.6 Å². The van der Waals surface area contributed by atoms with E-state index in [1.807, 2.05) is 24.3 Å². The maximum atomic E-state index is 14.1. The van der Waals surface area contributed by atoms with Crippen LogP contribution in [0.1, 0.15) is 52.7 Å². The van der Waals surface area contributed by atoms with Crippen LogP contribution in [0.3, 0.4) is 0 Å². The van der Waals surface area contributed by atoms with Crippen LogP contribution in [0.4, 0.5) is 5.69 Å². The van der Waals surface area contributed by atoms with E-state index in [1.165, 1.54) is 12.8 Å². The number of nitrogens with one attached hydrogen (secondary N) is 1. The van der Waals surface area contributed by atoms with E-state index < -0.39 is 12.1 Å². The number of carbonyl (C=O) groups is 3. The smallest absolute Gasteiger partial charge is 0.272 e. The lowest BCUT2D eigenvalue weighted by Gasteiger charge is -2.26. The molecule has 42 heavy (non-hydrogen) atoms. The number of hydrogen-bond acceptors (Lipinski definition) is 5. The van der Waals surface area contributed by atoms with Crippen molar-refractivity contribution in [3.05, 3.63) is 99.0 Å². The lowest BCUT2D eigenvalue weighted by molar-refractivity contribution is -0.127. The maximum absolute atomic E-state index is 14.1. The normalized spacial score (nSPS) is 17.0. The summed E-state index contributed by atoms with van der Waals surface area (Å²) in [6.45, 7) is 3.54. The number of likely N-dealkylation sites (tertiary alicyclic amines) is 1. The number of carbonyl (C=O) groups excluding carboxylic acids is 3. The van der Waals surface area contributed by atoms with Crippen LogP contribution in [-0.4, -0.2) is 60.7 Å². The van der Waals surface area contributed by atoms with Gasteiger partial charge in [-0.15, -0.1) is 0 Å². The molecular formula is C32H33Cl2N5O3. The third-order valence-corrected chi connectivity index (χ3v) is 8.23. The number of aliphatic imine (C=N–C) groups is 1. The molecule has 1 fully saturated rings. The summed E-state index contributed by atoms with van der Waals surface area (Å²) >= 11 is 12.3. The number of aryl methyl sites for hydroxylation is 1. The molecule has 0 radical (unpaired) electrons. The van der Waals surface area contributed by atoms with Crippen molar-refractivity contribution in [2.24, 2.45) is 10.7 Å². The van der Waals surface area contributed by atoms with Gasteiger partial charge in [0.2, 0.25) is 18.0 Å². The van der Waals surface area contributed by atoms with Crippen molar-refractivity contribution in [1.29, 1.82) is 0 Å². The summed E-state index contributed by atoms with van der Waals surface area (Å²) in [5, 5.41) is 3.87. The Bertz CT molecular complexity index is 1500. The Kier molecular flexibility index (Phi) is 9.57. The first-order valence-electron chi connectivity index (χ1n) is 14.1. The van der Waals surface area contributed by atoms with E-state index in [2.05, 4.69) is 10.2 Å². The van der Waals surface area contributed by atoms with E-state index in [1.54, 1.807) is 47.4 Å². The van der Waals surface area contributed by atoms with E-state index in [9.17, 15) is 14.4 Å². The molecule has 5 rings (SSSR count). The predicted octanol–water partition coefficient (Wildman–Crippen LogP) is 4.84. The molecule has 0 bridgehead atoms. The highest BCUT2D eigenvalue weighted by Crippen LogP contribution is 2.29. The number of halogens is 2. The van der Waals surface area contributed by atoms with Crippen LogP contribution in [0.25, 0.3) is 0 Å². The first kappa shape index (κ1) is 29.8. The molecule has 2 heterocycles. The SMILES string of the molecule is NC(=O)c1ccc(C2=NC(NC(=O)CCc3ccc(Cl)cc3Cl)C(=O)N(CCCN3CCCC3)c3ccccc32)cc1. The third kappa shape index (κ3) is 7.01. The van der Waals surface area contributed by atoms with Crippen molar-refractivity contribution in [3.63, 3.8) is 0 Å². The zero-order valence-corrected chi connectivity index (χ0v) is 24.7. The molecule has 0 spiro atoms. The highest BCUT2D eigenvalue weighted by molar-refractivity contribution is 6.35. The van der Waals surface area contributed by atoms with Gasteiger partial charge >= 0.3 is 0 Å². The van der Waals surface area contributed by atoms with Crippen molar-refractivity contribution in [1.82, 2.24) is 10.2 Å². The maximum Gasteiger partial charge on any atom is 0.272 e. The van der Waals surface area contributed by atoms with E-state index in [0.29, 0.717) is 39.8 Å². The number of benzodiazepines with no additional fused rings is 1. The number of rotatable bonds is 10. The standard InChI is InChI=1S/C32H33Cl2N5O3/c33-24-14-12-21(26(34)20-24)13-15-28(40)36-31-32(42)39(19-5-18-38-16-3-4-17-38)27-7-2-1-6-25(27)29(37-31)22-8-10-23(11-9-22)30(35)41/h1-2,6-12,14,20,31H,3-5,13,15-19H2,(H2,35,41)(H,36,40). The fourth-order valence-corrected chi connectivity index (χ4v) is 5.94. The van der Waals surface area contributed by atoms with Gasteiger partial charge in [-0.3, -0.25) is 14.4 Å². The van der Waals surface area contributed by atoms with Crippen LogP contribution < -0.4 is 16.0 Å². The Labute approximate surface area is 255 Å². The number of anilines is 1. The fourth-order valence-electron chi connectivity index (χ4n) is 5.43. The number of nitrogens with two attached hydrogens (primary N) is 1. The molecule has 10 heteroatoms. The molecule has 3 aromatic carbocycles. The molecule has 2 aliphatic heterocycles. The van der Waals surface area contributed by atoms with Crippen LogP contribution in [0.15, 0.2) is 71.7 Å². The number of amides is 3. The van der Waals surface area contributed by atoms with Crippen molar-refractivity contribution >= 4 is 52.3 Å². The average molecular weight is 607 g/mol. The minimum atomic E-state index is -1.14. The van der Waals surface area contributed by atoms with Gasteiger partial charge in [0.05, 0.1) is 11.4 Å². The Balaban J connectivity index is 1.43. The molecule has 3 aromatic rings. The van der Waals surface area contributed by atoms with Gasteiger partial charge in [-0.25, -0.2) is 4.99 Å². The summed E-state index contributed by atoms with van der Waals surface area (Å²) < 4.78 is 0. The summed E-state index contributed by atoms with van der Waals surface area (Å²) in [6, 6.07) is 19.5. The quantitative estimate of drug-likeness (QED) is 0.345. The highest BCUT2D eigenvalue weighted by atomic mass is 35.5. The molecule has 8 nitrogen and oxygen atoms in total. The zero-order valence-electron chi connectivity index (χ0n) is 23.2. The van der Waals surface area contributed by atoms with E-state index >= 15 is 0 Å². The molecule has 0 aliphatic carbocycles. The average Bonchev–Trinajstić information content (AvgIpc) is 3.47. The van der Waals surface area contributed by atoms with Gasteiger partial charge < -0.3 is 20.9 Å². The Morgan fingerprint density at radius 1 is 0.976 bits per heavy atom. The van der Waals surface area contributed by atoms with Gasteiger partial charge in [0.25, 0.3) is 5.91 Å². The fraction of sp³-hybridized carbons (Fsp3) is 0.312. The lowest BCUT2D eigenvalue weighted by Crippen LogP contribution is -2.48. The molecule has 0 saturated carbocycles. The van der Waals surface area contributed by atoms with Gasteiger partial charge in [-0.2, -0.15) is 0 Å². The van der Waals surface area contributed by atoms with E-state index in [0.717, 1.165) is 42.9 Å². The molecule has 1 atom stereocenters. The predicted molar refractivity (Wildman–Crippen MR) is 166 cm³/mol. The molecule has 218 valence electrons. The van der Waals surface area contributed by atoms with E-state index in [-0.39, 0.29) is 18.2 Å². The molecular weight excluding hydrogens is 573 g/mol. The first-order chi connectivity index (χ1) is 20.3. The Morgan fingerprint density at radius 2 is 1.71 bits per heavy atom. The summed E-state index contributed by atoms with van der Waals surface area (Å²) in [5.41, 5.74) is 9.35. The number of fused-ring (bicyclic) bond motifs is 1. The number of hydrogen-bond donors (Lipinski definition) is 2. The van der Waals surface area contributed by atoms with Crippen LogP contribution in [0.5, 0.6) is 0 Å². The van der Waals surface area contributed by atoms with Crippen LogP contribution in [0.2, 0.25) is 10.0 Å². The molecule has 3 amide bonds. The van der Waals surface area contributed by atoms with Crippen molar-refractivity contribution in [2.45, 2.75) is 38.3 Å². The number of nitrogens with zero attached hydrogens (tertiary/aromatic N) is 3. The summed E-state index contributed by atoms with van der Waals surface area (Å²) in [6.07, 6.45) is 2.55. The minimum Gasteiger partial charge on any atom is -0.366 e. The largest absolute Gasteiger partial charge is 0.366 e. The summed E-state index contributed by atoms with van der Waals surface area (Å²) in [7, 11) is 0. The van der Waals surface area contributed by atoms with Crippen LogP contribution >= 0.6 is 23.2 Å². The molecule has 2 aliphatic rings. The van der Waals surface area contributed by atoms with Crippen LogP contribution in [0, 0.1) is 0 Å². The van der Waals surface area contributed by atoms with Crippen molar-refractivity contribution in [2.75, 3.05) is 31.1 Å². The molecule has 1 unspecified atom stereocenters. The topological polar surface area (TPSA) is 108 Å². The number of benzene rings is 3. The Hall–Kier alpha value is -3.72. The minimum absolute atomic E-state index is 0.116. The summed E-state index contributed by atoms with van der Waals surface area (Å²) in [5.74, 6) is -1.16. The summed E-state index contributed by atoms with van der Waals surface area (Å²) in [4.78, 5) is 47.9. The molecule has 3 N–H and O–H groups in total. The number of primary amides is 1. The second kappa shape index (κ2) is 13.5. The van der Waals surface area contributed by atoms with Gasteiger partial charge in [0.1, 0.15) is 0 Å². The van der Waals surface area contributed by atoms with Crippen LogP contribution in [-0.2, 0) is 16.0 Å². The van der Waals surface area contributed by atoms with Gasteiger partial charge in [0.15, 0.2) is 0 Å². The van der Waals surface area contributed by atoms with Gasteiger partial charge in [0, 0.05) is 39.7 Å². The Morgan fingerprint density at radius 3 is 2.43 bits per heavy atom. The third-order valence-electron chi connectivity index (χ3n) is 7.64. The zero-order chi connectivity index (χ0) is 29.6. The number of para-hydroxylation sites is 1. The van der Waals surface area contributed by atoms with E-state index in [4.69, 9.17) is 33.9 Å². The van der Waals surface area contributed by atoms with Crippen molar-refractivity contribution in [3.8, 4) is 0 Å². The molecule has 0 aromatic heterocycles. The second-order valence-corrected chi connectivity index (χ2v) is 11.4. The lowest BCUT2D eigenvalue weighted by atomic mass is 9.99.